The van der Waals surface area contributed by atoms with Gasteiger partial charge in [0.05, 0.1) is 12.7 Å². The van der Waals surface area contributed by atoms with Gasteiger partial charge in [0.1, 0.15) is 12.4 Å². The Balaban J connectivity index is 1.99. The van der Waals surface area contributed by atoms with E-state index in [2.05, 4.69) is 0 Å². The molecule has 0 amide bonds. The quantitative estimate of drug-likeness (QED) is 0.773. The van der Waals surface area contributed by atoms with Crippen LogP contribution < -0.4 is 4.74 Å². The van der Waals surface area contributed by atoms with Crippen LogP contribution in [0.1, 0.15) is 15.9 Å². The number of hydrogen-bond donors (Lipinski definition) is 0. The minimum absolute atomic E-state index is 0.275. The molecule has 0 N–H and O–H groups in total. The highest BCUT2D eigenvalue weighted by Gasteiger charge is 2.08. The van der Waals surface area contributed by atoms with Crippen molar-refractivity contribution in [1.29, 1.82) is 0 Å². The number of methoxy groups -OCH3 is 1. The van der Waals surface area contributed by atoms with Gasteiger partial charge in [0.25, 0.3) is 0 Å². The van der Waals surface area contributed by atoms with Crippen molar-refractivity contribution in [3.05, 3.63) is 65.7 Å². The summed E-state index contributed by atoms with van der Waals surface area (Å²) < 4.78 is 10.3. The van der Waals surface area contributed by atoms with Gasteiger partial charge in [-0.2, -0.15) is 0 Å². The highest BCUT2D eigenvalue weighted by molar-refractivity contribution is 5.89. The molecule has 3 nitrogen and oxygen atoms in total. The average Bonchev–Trinajstić information content (AvgIpc) is 2.46. The van der Waals surface area contributed by atoms with Gasteiger partial charge in [-0.05, 0) is 23.8 Å². The third-order valence-corrected chi connectivity index (χ3v) is 2.52. The topological polar surface area (TPSA) is 35.5 Å². The molecule has 0 aliphatic heterocycles. The van der Waals surface area contributed by atoms with E-state index in [0.29, 0.717) is 11.3 Å². The highest BCUT2D eigenvalue weighted by atomic mass is 16.5. The molecule has 0 spiro atoms. The van der Waals surface area contributed by atoms with Crippen LogP contribution >= 0.6 is 0 Å². The van der Waals surface area contributed by atoms with Crippen molar-refractivity contribution in [2.24, 2.45) is 0 Å². The van der Waals surface area contributed by atoms with Gasteiger partial charge in [-0.1, -0.05) is 36.4 Å². The van der Waals surface area contributed by atoms with Gasteiger partial charge in [-0.15, -0.1) is 0 Å². The van der Waals surface area contributed by atoms with Gasteiger partial charge in [-0.3, -0.25) is 0 Å². The second-order valence-electron chi connectivity index (χ2n) is 3.79. The fourth-order valence-corrected chi connectivity index (χ4v) is 1.56. The molecule has 0 aliphatic carbocycles. The minimum Gasteiger partial charge on any atom is -0.497 e. The van der Waals surface area contributed by atoms with Crippen LogP contribution in [0.2, 0.25) is 0 Å². The Morgan fingerprint density at radius 1 is 1.06 bits per heavy atom. The Morgan fingerprint density at radius 3 is 2.56 bits per heavy atom. The fraction of sp³-hybridized carbons (Fsp3) is 0.133. The van der Waals surface area contributed by atoms with E-state index >= 15 is 0 Å². The predicted octanol–water partition coefficient (Wildman–Crippen LogP) is 3.05. The Hall–Kier alpha value is -2.29. The Kier molecular flexibility index (Phi) is 3.97. The van der Waals surface area contributed by atoms with Crippen LogP contribution in [0.25, 0.3) is 0 Å². The second-order valence-corrected chi connectivity index (χ2v) is 3.79. The lowest BCUT2D eigenvalue weighted by molar-refractivity contribution is 0.0472. The molecule has 0 radical (unpaired) electrons. The molecule has 0 fully saturated rings. The van der Waals surface area contributed by atoms with Crippen molar-refractivity contribution in [3.63, 3.8) is 0 Å². The standard InChI is InChI=1S/C15H14O3/c1-17-14-9-5-8-13(10-14)15(16)18-11-12-6-3-2-4-7-12/h2-10H,11H2,1H3. The van der Waals surface area contributed by atoms with Gasteiger partial charge in [0.2, 0.25) is 0 Å². The first kappa shape index (κ1) is 12.2. The van der Waals surface area contributed by atoms with Crippen molar-refractivity contribution in [2.45, 2.75) is 6.61 Å². The summed E-state index contributed by atoms with van der Waals surface area (Å²) in [4.78, 5) is 11.8. The monoisotopic (exact) mass is 242 g/mol. The second kappa shape index (κ2) is 5.87. The smallest absolute Gasteiger partial charge is 0.338 e. The molecule has 92 valence electrons. The normalized spacial score (nSPS) is 9.83. The number of benzene rings is 2. The van der Waals surface area contributed by atoms with E-state index in [1.807, 2.05) is 30.3 Å². The summed E-state index contributed by atoms with van der Waals surface area (Å²) in [5.41, 5.74) is 1.46. The first-order valence-electron chi connectivity index (χ1n) is 5.64. The van der Waals surface area contributed by atoms with Crippen LogP contribution in [-0.2, 0) is 11.3 Å². The highest BCUT2D eigenvalue weighted by Crippen LogP contribution is 2.14. The summed E-state index contributed by atoms with van der Waals surface area (Å²) in [6.07, 6.45) is 0. The van der Waals surface area contributed by atoms with Crippen molar-refractivity contribution in [1.82, 2.24) is 0 Å². The molecule has 0 saturated heterocycles. The Bertz CT molecular complexity index is 520. The Morgan fingerprint density at radius 2 is 1.83 bits per heavy atom. The minimum atomic E-state index is -0.349. The number of rotatable bonds is 4. The number of ether oxygens (including phenoxy) is 2. The first-order valence-corrected chi connectivity index (χ1v) is 5.64. The zero-order chi connectivity index (χ0) is 12.8. The maximum Gasteiger partial charge on any atom is 0.338 e. The molecule has 0 atom stereocenters. The molecular weight excluding hydrogens is 228 g/mol. The third kappa shape index (κ3) is 3.10. The molecule has 0 heterocycles. The zero-order valence-corrected chi connectivity index (χ0v) is 10.1. The maximum absolute atomic E-state index is 11.8. The lowest BCUT2D eigenvalue weighted by atomic mass is 10.2. The lowest BCUT2D eigenvalue weighted by Gasteiger charge is -2.06. The van der Waals surface area contributed by atoms with E-state index in [1.165, 1.54) is 0 Å². The van der Waals surface area contributed by atoms with Crippen molar-refractivity contribution in [3.8, 4) is 5.75 Å². The molecule has 0 aliphatic rings. The van der Waals surface area contributed by atoms with Gasteiger partial charge in [-0.25, -0.2) is 4.79 Å². The molecular formula is C15H14O3. The summed E-state index contributed by atoms with van der Waals surface area (Å²) in [6.45, 7) is 0.275. The number of esters is 1. The van der Waals surface area contributed by atoms with E-state index in [9.17, 15) is 4.79 Å². The molecule has 0 bridgehead atoms. The van der Waals surface area contributed by atoms with Crippen LogP contribution in [0.3, 0.4) is 0 Å². The van der Waals surface area contributed by atoms with E-state index in [0.717, 1.165) is 5.56 Å². The summed E-state index contributed by atoms with van der Waals surface area (Å²) >= 11 is 0. The van der Waals surface area contributed by atoms with E-state index in [-0.39, 0.29) is 12.6 Å². The molecule has 18 heavy (non-hydrogen) atoms. The fourth-order valence-electron chi connectivity index (χ4n) is 1.56. The largest absolute Gasteiger partial charge is 0.497 e. The summed E-state index contributed by atoms with van der Waals surface area (Å²) in [5, 5.41) is 0. The van der Waals surface area contributed by atoms with Crippen molar-refractivity contribution in [2.75, 3.05) is 7.11 Å². The number of carbonyl (C=O) groups excluding carboxylic acids is 1. The van der Waals surface area contributed by atoms with Crippen molar-refractivity contribution >= 4 is 5.97 Å². The average molecular weight is 242 g/mol. The summed E-state index contributed by atoms with van der Waals surface area (Å²) in [7, 11) is 1.56. The Labute approximate surface area is 106 Å². The zero-order valence-electron chi connectivity index (χ0n) is 10.1. The SMILES string of the molecule is COc1cccc(C(=O)OCc2ccccc2)c1. The van der Waals surface area contributed by atoms with Gasteiger partial charge >= 0.3 is 5.97 Å². The van der Waals surface area contributed by atoms with Crippen LogP contribution in [0, 0.1) is 0 Å². The van der Waals surface area contributed by atoms with Crippen LogP contribution in [-0.4, -0.2) is 13.1 Å². The molecule has 0 saturated carbocycles. The predicted molar refractivity (Wildman–Crippen MR) is 68.6 cm³/mol. The number of hydrogen-bond acceptors (Lipinski definition) is 3. The van der Waals surface area contributed by atoms with E-state index in [1.54, 1.807) is 31.4 Å². The van der Waals surface area contributed by atoms with Crippen LogP contribution in [0.5, 0.6) is 5.75 Å². The van der Waals surface area contributed by atoms with E-state index in [4.69, 9.17) is 9.47 Å². The van der Waals surface area contributed by atoms with Gasteiger partial charge in [0.15, 0.2) is 0 Å². The maximum atomic E-state index is 11.8. The van der Waals surface area contributed by atoms with E-state index < -0.39 is 0 Å². The van der Waals surface area contributed by atoms with Gasteiger partial charge in [0, 0.05) is 0 Å². The number of carbonyl (C=O) groups is 1. The molecule has 0 aromatic heterocycles. The summed E-state index contributed by atoms with van der Waals surface area (Å²) in [5.74, 6) is 0.293. The molecule has 2 aromatic carbocycles. The van der Waals surface area contributed by atoms with Crippen molar-refractivity contribution < 1.29 is 14.3 Å². The molecule has 2 aromatic rings. The molecule has 0 unspecified atom stereocenters. The molecule has 3 heteroatoms. The lowest BCUT2D eigenvalue weighted by Crippen LogP contribution is -2.05. The summed E-state index contributed by atoms with van der Waals surface area (Å²) in [6, 6.07) is 16.5. The first-order chi connectivity index (χ1) is 8.79. The molecule has 2 rings (SSSR count). The van der Waals surface area contributed by atoms with Crippen LogP contribution in [0.15, 0.2) is 54.6 Å². The third-order valence-electron chi connectivity index (χ3n) is 2.52. The van der Waals surface area contributed by atoms with Crippen LogP contribution in [0.4, 0.5) is 0 Å². The van der Waals surface area contributed by atoms with Gasteiger partial charge < -0.3 is 9.47 Å².